The quantitative estimate of drug-likeness (QED) is 0.707. The van der Waals surface area contributed by atoms with Crippen LogP contribution in [0, 0.1) is 0 Å². The van der Waals surface area contributed by atoms with E-state index in [2.05, 4.69) is 5.32 Å². The second-order valence-electron chi connectivity index (χ2n) is 4.02. The number of nitrogens with zero attached hydrogens (tertiary/aromatic N) is 1. The van der Waals surface area contributed by atoms with Gasteiger partial charge in [-0.05, 0) is 19.5 Å². The Morgan fingerprint density at radius 3 is 2.38 bits per heavy atom. The Kier molecular flexibility index (Phi) is 3.62. The highest BCUT2D eigenvalue weighted by atomic mass is 19.3. The minimum absolute atomic E-state index is 0.0906. The lowest BCUT2D eigenvalue weighted by molar-refractivity contribution is -0.0454. The zero-order valence-corrected chi connectivity index (χ0v) is 8.32. The van der Waals surface area contributed by atoms with Gasteiger partial charge >= 0.3 is 0 Å². The molecule has 0 aromatic rings. The van der Waals surface area contributed by atoms with Crippen molar-refractivity contribution >= 4 is 0 Å². The van der Waals surface area contributed by atoms with Crippen molar-refractivity contribution in [1.82, 2.24) is 10.2 Å². The third-order valence-electron chi connectivity index (χ3n) is 2.17. The van der Waals surface area contributed by atoms with E-state index in [0.29, 0.717) is 0 Å². The Bertz CT molecular complexity index is 156. The maximum atomic E-state index is 13.2. The van der Waals surface area contributed by atoms with Gasteiger partial charge in [0.15, 0.2) is 0 Å². The molecule has 1 rings (SSSR count). The van der Waals surface area contributed by atoms with Crippen LogP contribution in [0.4, 0.5) is 8.78 Å². The summed E-state index contributed by atoms with van der Waals surface area (Å²) in [5.41, 5.74) is 0. The molecule has 0 aromatic heterocycles. The second kappa shape index (κ2) is 4.33. The highest BCUT2D eigenvalue weighted by Crippen LogP contribution is 2.18. The van der Waals surface area contributed by atoms with Crippen LogP contribution in [0.3, 0.4) is 0 Å². The van der Waals surface area contributed by atoms with Gasteiger partial charge in [-0.25, -0.2) is 8.78 Å². The number of hydrogen-bond donors (Lipinski definition) is 1. The van der Waals surface area contributed by atoms with E-state index < -0.39 is 5.92 Å². The molecule has 0 aliphatic carbocycles. The minimum Gasteiger partial charge on any atom is -0.309 e. The maximum absolute atomic E-state index is 13.2. The van der Waals surface area contributed by atoms with E-state index in [9.17, 15) is 8.78 Å². The molecule has 4 heteroatoms. The number of nitrogens with one attached hydrogen (secondary N) is 1. The Morgan fingerprint density at radius 1 is 1.38 bits per heavy atom. The highest BCUT2D eigenvalue weighted by molar-refractivity contribution is 4.79. The summed E-state index contributed by atoms with van der Waals surface area (Å²) in [5, 5.41) is 2.76. The molecule has 1 aliphatic heterocycles. The van der Waals surface area contributed by atoms with E-state index in [1.54, 1.807) is 4.90 Å². The molecular weight excluding hydrogens is 174 g/mol. The zero-order chi connectivity index (χ0) is 9.90. The molecule has 0 bridgehead atoms. The summed E-state index contributed by atoms with van der Waals surface area (Å²) in [5.74, 6) is -2.58. The average molecular weight is 192 g/mol. The van der Waals surface area contributed by atoms with Gasteiger partial charge in [0.2, 0.25) is 0 Å². The first-order valence-corrected chi connectivity index (χ1v) is 4.83. The number of rotatable bonds is 5. The van der Waals surface area contributed by atoms with Crippen LogP contribution < -0.4 is 5.32 Å². The number of hydrogen-bond acceptors (Lipinski definition) is 2. The first-order chi connectivity index (χ1) is 5.99. The average Bonchev–Trinajstić information content (AvgIpc) is 1.94. The van der Waals surface area contributed by atoms with E-state index in [4.69, 9.17) is 0 Å². The largest absolute Gasteiger partial charge is 0.309 e. The van der Waals surface area contributed by atoms with E-state index in [-0.39, 0.29) is 19.1 Å². The molecule has 1 saturated heterocycles. The van der Waals surface area contributed by atoms with E-state index in [0.717, 1.165) is 19.5 Å². The first kappa shape index (κ1) is 10.9. The summed E-state index contributed by atoms with van der Waals surface area (Å²) >= 11 is 0. The molecular formula is C9H18F2N2. The first-order valence-electron chi connectivity index (χ1n) is 4.83. The van der Waals surface area contributed by atoms with Crippen molar-refractivity contribution in [3.63, 3.8) is 0 Å². The second-order valence-corrected chi connectivity index (χ2v) is 4.02. The Labute approximate surface area is 78.3 Å². The monoisotopic (exact) mass is 192 g/mol. The Balaban J connectivity index is 2.19. The lowest BCUT2D eigenvalue weighted by Crippen LogP contribution is -2.49. The number of alkyl halides is 2. The minimum atomic E-state index is -2.58. The molecule has 78 valence electrons. The van der Waals surface area contributed by atoms with Crippen molar-refractivity contribution in [2.45, 2.75) is 32.2 Å². The van der Waals surface area contributed by atoms with Gasteiger partial charge in [0, 0.05) is 6.04 Å². The number of halogens is 2. The fourth-order valence-corrected chi connectivity index (χ4v) is 1.28. The SMILES string of the molecule is CC(C)NCC(F)(F)CN1CCC1. The van der Waals surface area contributed by atoms with Crippen LogP contribution in [-0.2, 0) is 0 Å². The van der Waals surface area contributed by atoms with Crippen molar-refractivity contribution in [1.29, 1.82) is 0 Å². The normalized spacial score (nSPS) is 19.2. The van der Waals surface area contributed by atoms with Gasteiger partial charge in [-0.2, -0.15) is 0 Å². The van der Waals surface area contributed by atoms with Crippen molar-refractivity contribution in [2.24, 2.45) is 0 Å². The lowest BCUT2D eigenvalue weighted by Gasteiger charge is -2.34. The predicted octanol–water partition coefficient (Wildman–Crippen LogP) is 1.33. The van der Waals surface area contributed by atoms with Gasteiger partial charge in [0.25, 0.3) is 5.92 Å². The highest BCUT2D eigenvalue weighted by Gasteiger charge is 2.33. The molecule has 1 N–H and O–H groups in total. The summed E-state index contributed by atoms with van der Waals surface area (Å²) in [6.45, 7) is 5.11. The number of likely N-dealkylation sites (tertiary alicyclic amines) is 1. The third-order valence-corrected chi connectivity index (χ3v) is 2.17. The van der Waals surface area contributed by atoms with Crippen LogP contribution in [0.5, 0.6) is 0 Å². The van der Waals surface area contributed by atoms with E-state index in [1.165, 1.54) is 0 Å². The molecule has 0 amide bonds. The zero-order valence-electron chi connectivity index (χ0n) is 8.32. The summed E-state index contributed by atoms with van der Waals surface area (Å²) in [6, 6.07) is 0.127. The van der Waals surface area contributed by atoms with Crippen molar-refractivity contribution in [2.75, 3.05) is 26.2 Å². The third kappa shape index (κ3) is 4.00. The van der Waals surface area contributed by atoms with Gasteiger partial charge in [-0.3, -0.25) is 4.90 Å². The van der Waals surface area contributed by atoms with Crippen LogP contribution >= 0.6 is 0 Å². The molecule has 1 fully saturated rings. The summed E-state index contributed by atoms with van der Waals surface area (Å²) < 4.78 is 26.3. The van der Waals surface area contributed by atoms with Crippen LogP contribution in [0.25, 0.3) is 0 Å². The van der Waals surface area contributed by atoms with Crippen LogP contribution in [-0.4, -0.2) is 43.0 Å². The van der Waals surface area contributed by atoms with Crippen molar-refractivity contribution in [3.05, 3.63) is 0 Å². The molecule has 0 spiro atoms. The Hall–Kier alpha value is -0.220. The van der Waals surface area contributed by atoms with Crippen LogP contribution in [0.15, 0.2) is 0 Å². The molecule has 13 heavy (non-hydrogen) atoms. The standard InChI is InChI=1S/C9H18F2N2/c1-8(2)12-6-9(10,11)7-13-4-3-5-13/h8,12H,3-7H2,1-2H3. The fourth-order valence-electron chi connectivity index (χ4n) is 1.28. The van der Waals surface area contributed by atoms with Crippen molar-refractivity contribution < 1.29 is 8.78 Å². The van der Waals surface area contributed by atoms with Gasteiger partial charge in [0.05, 0.1) is 13.1 Å². The summed E-state index contributed by atoms with van der Waals surface area (Å²) in [4.78, 5) is 1.79. The smallest absolute Gasteiger partial charge is 0.272 e. The van der Waals surface area contributed by atoms with E-state index in [1.807, 2.05) is 13.8 Å². The lowest BCUT2D eigenvalue weighted by atomic mass is 10.2. The molecule has 0 saturated carbocycles. The van der Waals surface area contributed by atoms with Gasteiger partial charge in [-0.1, -0.05) is 13.8 Å². The van der Waals surface area contributed by atoms with Crippen molar-refractivity contribution in [3.8, 4) is 0 Å². The molecule has 0 aromatic carbocycles. The van der Waals surface area contributed by atoms with E-state index >= 15 is 0 Å². The predicted molar refractivity (Wildman–Crippen MR) is 49.1 cm³/mol. The topological polar surface area (TPSA) is 15.3 Å². The fraction of sp³-hybridized carbons (Fsp3) is 1.00. The van der Waals surface area contributed by atoms with Gasteiger partial charge in [-0.15, -0.1) is 0 Å². The molecule has 2 nitrogen and oxygen atoms in total. The maximum Gasteiger partial charge on any atom is 0.272 e. The summed E-state index contributed by atoms with van der Waals surface area (Å²) in [7, 11) is 0. The summed E-state index contributed by atoms with van der Waals surface area (Å²) in [6.07, 6.45) is 1.06. The molecule has 1 heterocycles. The molecule has 0 unspecified atom stereocenters. The van der Waals surface area contributed by atoms with Gasteiger partial charge < -0.3 is 5.32 Å². The molecule has 0 radical (unpaired) electrons. The molecule has 1 aliphatic rings. The van der Waals surface area contributed by atoms with Crippen LogP contribution in [0.1, 0.15) is 20.3 Å². The van der Waals surface area contributed by atoms with Gasteiger partial charge in [0.1, 0.15) is 0 Å². The molecule has 0 atom stereocenters. The van der Waals surface area contributed by atoms with Crippen LogP contribution in [0.2, 0.25) is 0 Å². The Morgan fingerprint density at radius 2 is 2.00 bits per heavy atom.